The molecule has 1 atom stereocenters. The quantitative estimate of drug-likeness (QED) is 0.587. The van der Waals surface area contributed by atoms with Crippen molar-refractivity contribution in [1.82, 2.24) is 0 Å². The van der Waals surface area contributed by atoms with E-state index in [1.807, 2.05) is 0 Å². The standard InChI is InChI=1S/C5H11F2NO/c1-5(6,7)4(2-8)3-9/h4,9H,2-3,8H2,1H3. The van der Waals surface area contributed by atoms with Crippen molar-refractivity contribution in [3.8, 4) is 0 Å². The zero-order chi connectivity index (χ0) is 7.49. The zero-order valence-corrected chi connectivity index (χ0v) is 5.27. The van der Waals surface area contributed by atoms with Crippen LogP contribution in [0.25, 0.3) is 0 Å². The molecule has 2 nitrogen and oxygen atoms in total. The average molecular weight is 139 g/mol. The fourth-order valence-corrected chi connectivity index (χ4v) is 0.442. The lowest BCUT2D eigenvalue weighted by atomic mass is 10.1. The van der Waals surface area contributed by atoms with Crippen LogP contribution >= 0.6 is 0 Å². The highest BCUT2D eigenvalue weighted by molar-refractivity contribution is 4.71. The molecule has 0 radical (unpaired) electrons. The van der Waals surface area contributed by atoms with Crippen molar-refractivity contribution in [2.24, 2.45) is 11.7 Å². The molecule has 0 amide bonds. The van der Waals surface area contributed by atoms with Gasteiger partial charge < -0.3 is 10.8 Å². The van der Waals surface area contributed by atoms with E-state index >= 15 is 0 Å². The van der Waals surface area contributed by atoms with E-state index in [2.05, 4.69) is 0 Å². The van der Waals surface area contributed by atoms with Crippen LogP contribution < -0.4 is 5.73 Å². The van der Waals surface area contributed by atoms with Crippen molar-refractivity contribution in [2.75, 3.05) is 13.2 Å². The molecule has 0 aromatic carbocycles. The van der Waals surface area contributed by atoms with Crippen LogP contribution in [0.4, 0.5) is 8.78 Å². The predicted molar refractivity (Wildman–Crippen MR) is 30.3 cm³/mol. The van der Waals surface area contributed by atoms with E-state index in [4.69, 9.17) is 10.8 Å². The molecular weight excluding hydrogens is 128 g/mol. The van der Waals surface area contributed by atoms with E-state index in [1.54, 1.807) is 0 Å². The summed E-state index contributed by atoms with van der Waals surface area (Å²) >= 11 is 0. The van der Waals surface area contributed by atoms with Crippen LogP contribution in [0.5, 0.6) is 0 Å². The van der Waals surface area contributed by atoms with Gasteiger partial charge in [0.15, 0.2) is 0 Å². The monoisotopic (exact) mass is 139 g/mol. The smallest absolute Gasteiger partial charge is 0.251 e. The molecule has 56 valence electrons. The van der Waals surface area contributed by atoms with Crippen LogP contribution in [-0.4, -0.2) is 24.2 Å². The highest BCUT2D eigenvalue weighted by Crippen LogP contribution is 2.21. The lowest BCUT2D eigenvalue weighted by Crippen LogP contribution is -2.33. The van der Waals surface area contributed by atoms with Gasteiger partial charge in [0, 0.05) is 6.54 Å². The highest BCUT2D eigenvalue weighted by Gasteiger charge is 2.31. The summed E-state index contributed by atoms with van der Waals surface area (Å²) in [6.07, 6.45) is 0. The molecule has 0 aliphatic rings. The summed E-state index contributed by atoms with van der Waals surface area (Å²) in [7, 11) is 0. The first kappa shape index (κ1) is 8.78. The molecule has 0 saturated carbocycles. The number of halogens is 2. The minimum Gasteiger partial charge on any atom is -0.396 e. The van der Waals surface area contributed by atoms with E-state index < -0.39 is 18.4 Å². The van der Waals surface area contributed by atoms with Crippen LogP contribution in [0.1, 0.15) is 6.92 Å². The van der Waals surface area contributed by atoms with Gasteiger partial charge in [0.2, 0.25) is 0 Å². The summed E-state index contributed by atoms with van der Waals surface area (Å²) in [5.41, 5.74) is 4.93. The second-order valence-corrected chi connectivity index (χ2v) is 2.07. The number of hydrogen-bond donors (Lipinski definition) is 2. The maximum atomic E-state index is 12.1. The van der Waals surface area contributed by atoms with Crippen LogP contribution in [0, 0.1) is 5.92 Å². The number of alkyl halides is 2. The summed E-state index contributed by atoms with van der Waals surface area (Å²) in [5, 5.41) is 8.30. The summed E-state index contributed by atoms with van der Waals surface area (Å²) in [5.74, 6) is -3.96. The summed E-state index contributed by atoms with van der Waals surface area (Å²) in [6.45, 7) is 0.0146. The van der Waals surface area contributed by atoms with Crippen molar-refractivity contribution >= 4 is 0 Å². The van der Waals surface area contributed by atoms with E-state index in [0.29, 0.717) is 0 Å². The molecule has 0 aromatic heterocycles. The van der Waals surface area contributed by atoms with Crippen LogP contribution in [-0.2, 0) is 0 Å². The van der Waals surface area contributed by atoms with Gasteiger partial charge in [-0.25, -0.2) is 8.78 Å². The fourth-order valence-electron chi connectivity index (χ4n) is 0.442. The van der Waals surface area contributed by atoms with E-state index in [-0.39, 0.29) is 6.54 Å². The molecule has 9 heavy (non-hydrogen) atoms. The number of nitrogens with two attached hydrogens (primary N) is 1. The van der Waals surface area contributed by atoms with Gasteiger partial charge in [0.1, 0.15) is 0 Å². The van der Waals surface area contributed by atoms with Crippen LogP contribution in [0.15, 0.2) is 0 Å². The SMILES string of the molecule is CC(F)(F)C(CN)CO. The van der Waals surface area contributed by atoms with Crippen LogP contribution in [0.2, 0.25) is 0 Å². The molecule has 0 aliphatic heterocycles. The van der Waals surface area contributed by atoms with Gasteiger partial charge in [-0.2, -0.15) is 0 Å². The summed E-state index contributed by atoms with van der Waals surface area (Å²) in [4.78, 5) is 0. The molecule has 0 aliphatic carbocycles. The number of aliphatic hydroxyl groups excluding tert-OH is 1. The van der Waals surface area contributed by atoms with E-state index in [9.17, 15) is 8.78 Å². The molecule has 0 bridgehead atoms. The Morgan fingerprint density at radius 3 is 2.11 bits per heavy atom. The first-order valence-corrected chi connectivity index (χ1v) is 2.71. The molecule has 0 aromatic rings. The lowest BCUT2D eigenvalue weighted by molar-refractivity contribution is -0.0548. The minimum absolute atomic E-state index is 0.181. The maximum Gasteiger partial charge on any atom is 0.251 e. The van der Waals surface area contributed by atoms with Crippen molar-refractivity contribution in [3.05, 3.63) is 0 Å². The molecule has 0 heterocycles. The number of aliphatic hydroxyl groups is 1. The third-order valence-electron chi connectivity index (χ3n) is 1.22. The number of rotatable bonds is 3. The van der Waals surface area contributed by atoms with Crippen molar-refractivity contribution < 1.29 is 13.9 Å². The Bertz CT molecular complexity index is 77.5. The Balaban J connectivity index is 3.79. The zero-order valence-electron chi connectivity index (χ0n) is 5.27. The van der Waals surface area contributed by atoms with Gasteiger partial charge >= 0.3 is 0 Å². The molecule has 1 unspecified atom stereocenters. The lowest BCUT2D eigenvalue weighted by Gasteiger charge is -2.18. The Morgan fingerprint density at radius 2 is 2.11 bits per heavy atom. The summed E-state index contributed by atoms with van der Waals surface area (Å²) in [6, 6.07) is 0. The maximum absolute atomic E-state index is 12.1. The minimum atomic E-state index is -2.86. The molecule has 3 N–H and O–H groups in total. The Labute approximate surface area is 52.7 Å². The Kier molecular flexibility index (Phi) is 3.00. The first-order valence-electron chi connectivity index (χ1n) is 2.71. The van der Waals surface area contributed by atoms with Gasteiger partial charge in [-0.05, 0) is 6.92 Å². The van der Waals surface area contributed by atoms with Gasteiger partial charge in [-0.3, -0.25) is 0 Å². The second kappa shape index (κ2) is 3.08. The molecule has 0 rings (SSSR count). The molecule has 0 spiro atoms. The molecule has 4 heteroatoms. The third kappa shape index (κ3) is 2.72. The van der Waals surface area contributed by atoms with Gasteiger partial charge in [0.05, 0.1) is 12.5 Å². The Hall–Kier alpha value is -0.220. The third-order valence-corrected chi connectivity index (χ3v) is 1.22. The van der Waals surface area contributed by atoms with Crippen molar-refractivity contribution in [3.63, 3.8) is 0 Å². The molecule has 0 saturated heterocycles. The Morgan fingerprint density at radius 1 is 1.67 bits per heavy atom. The van der Waals surface area contributed by atoms with E-state index in [1.165, 1.54) is 0 Å². The van der Waals surface area contributed by atoms with Gasteiger partial charge in [-0.15, -0.1) is 0 Å². The van der Waals surface area contributed by atoms with E-state index in [0.717, 1.165) is 6.92 Å². The summed E-state index contributed by atoms with van der Waals surface area (Å²) < 4.78 is 24.3. The average Bonchev–Trinajstić information content (AvgIpc) is 1.65. The molecule has 0 fully saturated rings. The first-order chi connectivity index (χ1) is 4.02. The predicted octanol–water partition coefficient (Wildman–Crippen LogP) is 0.209. The second-order valence-electron chi connectivity index (χ2n) is 2.07. The van der Waals surface area contributed by atoms with Gasteiger partial charge in [0.25, 0.3) is 5.92 Å². The van der Waals surface area contributed by atoms with Crippen molar-refractivity contribution in [2.45, 2.75) is 12.8 Å². The largest absolute Gasteiger partial charge is 0.396 e. The fraction of sp³-hybridized carbons (Fsp3) is 1.00. The molecular formula is C5H11F2NO. The highest BCUT2D eigenvalue weighted by atomic mass is 19.3. The normalized spacial score (nSPS) is 15.7. The van der Waals surface area contributed by atoms with Crippen molar-refractivity contribution in [1.29, 1.82) is 0 Å². The topological polar surface area (TPSA) is 46.2 Å². The number of hydrogen-bond acceptors (Lipinski definition) is 2. The van der Waals surface area contributed by atoms with Gasteiger partial charge in [-0.1, -0.05) is 0 Å². The van der Waals surface area contributed by atoms with Crippen LogP contribution in [0.3, 0.4) is 0 Å².